The van der Waals surface area contributed by atoms with E-state index in [1.165, 1.54) is 37.0 Å². The zero-order chi connectivity index (χ0) is 14.4. The van der Waals surface area contributed by atoms with E-state index in [0.29, 0.717) is 12.6 Å². The van der Waals surface area contributed by atoms with Gasteiger partial charge in [0.1, 0.15) is 0 Å². The maximum Gasteiger partial charge on any atom is 0.252 e. The fourth-order valence-corrected chi connectivity index (χ4v) is 3.63. The molecule has 0 aliphatic heterocycles. The first kappa shape index (κ1) is 15.5. The fourth-order valence-electron chi connectivity index (χ4n) is 2.71. The van der Waals surface area contributed by atoms with Gasteiger partial charge in [-0.2, -0.15) is 0 Å². The number of hydrogen-bond acceptors (Lipinski definition) is 3. The molecule has 1 amide bonds. The van der Waals surface area contributed by atoms with Gasteiger partial charge in [0, 0.05) is 22.9 Å². The number of rotatable bonds is 6. The van der Waals surface area contributed by atoms with Gasteiger partial charge < -0.3 is 10.1 Å². The summed E-state index contributed by atoms with van der Waals surface area (Å²) >= 11 is 1.67. The number of aryl methyl sites for hydroxylation is 2. The minimum absolute atomic E-state index is 0.0458. The summed E-state index contributed by atoms with van der Waals surface area (Å²) in [5.41, 5.74) is 0.820. The Labute approximate surface area is 125 Å². The molecule has 0 unspecified atom stereocenters. The molecule has 112 valence electrons. The van der Waals surface area contributed by atoms with Gasteiger partial charge >= 0.3 is 0 Å². The van der Waals surface area contributed by atoms with Gasteiger partial charge in [-0.25, -0.2) is 0 Å². The van der Waals surface area contributed by atoms with Gasteiger partial charge in [-0.3, -0.25) is 4.79 Å². The molecule has 1 aliphatic carbocycles. The van der Waals surface area contributed by atoms with Crippen LogP contribution >= 0.6 is 11.3 Å². The number of carbonyl (C=O) groups is 1. The standard InChI is InChI=1S/C16H25NO2S/c1-12-11-15(13(2)20-12)16(18)17-9-6-10-19-14-7-4-3-5-8-14/h11,14H,3-10H2,1-2H3,(H,17,18). The molecule has 0 spiro atoms. The molecule has 1 fully saturated rings. The largest absolute Gasteiger partial charge is 0.378 e. The second-order valence-corrected chi connectivity index (χ2v) is 7.03. The zero-order valence-electron chi connectivity index (χ0n) is 12.5. The van der Waals surface area contributed by atoms with Gasteiger partial charge in [0.05, 0.1) is 11.7 Å². The molecule has 0 saturated heterocycles. The maximum atomic E-state index is 12.0. The van der Waals surface area contributed by atoms with E-state index in [4.69, 9.17) is 4.74 Å². The first-order valence-electron chi connectivity index (χ1n) is 7.63. The van der Waals surface area contributed by atoms with E-state index in [2.05, 4.69) is 5.32 Å². The quantitative estimate of drug-likeness (QED) is 0.810. The monoisotopic (exact) mass is 295 g/mol. The Bertz CT molecular complexity index is 436. The van der Waals surface area contributed by atoms with Crippen molar-refractivity contribution in [2.24, 2.45) is 0 Å². The summed E-state index contributed by atoms with van der Waals surface area (Å²) in [6.45, 7) is 5.48. The van der Waals surface area contributed by atoms with Crippen LogP contribution in [0.3, 0.4) is 0 Å². The normalized spacial score (nSPS) is 16.3. The molecule has 1 aromatic heterocycles. The molecule has 2 rings (SSSR count). The molecule has 0 bridgehead atoms. The highest BCUT2D eigenvalue weighted by Gasteiger charge is 2.14. The van der Waals surface area contributed by atoms with Crippen LogP contribution in [-0.2, 0) is 4.74 Å². The Balaban J connectivity index is 1.61. The Morgan fingerprint density at radius 1 is 1.35 bits per heavy atom. The number of carbonyl (C=O) groups excluding carboxylic acids is 1. The number of ether oxygens (including phenoxy) is 1. The SMILES string of the molecule is Cc1cc(C(=O)NCCCOC2CCCCC2)c(C)s1. The summed E-state index contributed by atoms with van der Waals surface area (Å²) in [5, 5.41) is 2.98. The third kappa shape index (κ3) is 4.60. The summed E-state index contributed by atoms with van der Waals surface area (Å²) < 4.78 is 5.85. The van der Waals surface area contributed by atoms with Crippen LogP contribution in [0.5, 0.6) is 0 Å². The van der Waals surface area contributed by atoms with Crippen molar-refractivity contribution >= 4 is 17.2 Å². The smallest absolute Gasteiger partial charge is 0.252 e. The molecule has 1 saturated carbocycles. The highest BCUT2D eigenvalue weighted by molar-refractivity contribution is 7.12. The topological polar surface area (TPSA) is 38.3 Å². The van der Waals surface area contributed by atoms with Crippen LogP contribution in [-0.4, -0.2) is 25.2 Å². The number of thiophene rings is 1. The molecule has 0 atom stereocenters. The average molecular weight is 295 g/mol. The minimum Gasteiger partial charge on any atom is -0.378 e. The lowest BCUT2D eigenvalue weighted by molar-refractivity contribution is 0.0273. The van der Waals surface area contributed by atoms with Gasteiger partial charge in [0.15, 0.2) is 0 Å². The van der Waals surface area contributed by atoms with Crippen LogP contribution in [0.15, 0.2) is 6.07 Å². The maximum absolute atomic E-state index is 12.0. The van der Waals surface area contributed by atoms with Crippen LogP contribution in [0.4, 0.5) is 0 Å². The number of hydrogen-bond donors (Lipinski definition) is 1. The first-order valence-corrected chi connectivity index (χ1v) is 8.45. The lowest BCUT2D eigenvalue weighted by Gasteiger charge is -2.21. The predicted octanol–water partition coefficient (Wildman–Crippen LogP) is 3.83. The van der Waals surface area contributed by atoms with E-state index >= 15 is 0 Å². The van der Waals surface area contributed by atoms with Crippen LogP contribution < -0.4 is 5.32 Å². The van der Waals surface area contributed by atoms with Crippen molar-refractivity contribution in [1.29, 1.82) is 0 Å². The second kappa shape index (κ2) is 7.79. The molecule has 1 N–H and O–H groups in total. The van der Waals surface area contributed by atoms with E-state index in [9.17, 15) is 4.79 Å². The third-order valence-corrected chi connectivity index (χ3v) is 4.76. The molecule has 20 heavy (non-hydrogen) atoms. The van der Waals surface area contributed by atoms with Crippen molar-refractivity contribution < 1.29 is 9.53 Å². The lowest BCUT2D eigenvalue weighted by Crippen LogP contribution is -2.26. The zero-order valence-corrected chi connectivity index (χ0v) is 13.4. The molecule has 0 radical (unpaired) electrons. The minimum atomic E-state index is 0.0458. The Hall–Kier alpha value is -0.870. The number of nitrogens with one attached hydrogen (secondary N) is 1. The molecule has 3 nitrogen and oxygen atoms in total. The van der Waals surface area contributed by atoms with E-state index in [-0.39, 0.29) is 5.91 Å². The second-order valence-electron chi connectivity index (χ2n) is 5.57. The molecular formula is C16H25NO2S. The van der Waals surface area contributed by atoms with Crippen molar-refractivity contribution in [2.45, 2.75) is 58.5 Å². The molecule has 1 aromatic rings. The highest BCUT2D eigenvalue weighted by atomic mass is 32.1. The molecule has 4 heteroatoms. The fraction of sp³-hybridized carbons (Fsp3) is 0.688. The molecule has 1 aliphatic rings. The van der Waals surface area contributed by atoms with Crippen molar-refractivity contribution in [2.75, 3.05) is 13.2 Å². The van der Waals surface area contributed by atoms with E-state index in [0.717, 1.165) is 23.5 Å². The summed E-state index contributed by atoms with van der Waals surface area (Å²) in [7, 11) is 0. The van der Waals surface area contributed by atoms with Crippen LogP contribution in [0.1, 0.15) is 58.6 Å². The average Bonchev–Trinajstić information content (AvgIpc) is 2.78. The van der Waals surface area contributed by atoms with Crippen LogP contribution in [0.25, 0.3) is 0 Å². The lowest BCUT2D eigenvalue weighted by atomic mass is 9.98. The van der Waals surface area contributed by atoms with Crippen LogP contribution in [0.2, 0.25) is 0 Å². The van der Waals surface area contributed by atoms with E-state index in [1.807, 2.05) is 19.9 Å². The third-order valence-electron chi connectivity index (χ3n) is 3.80. The Morgan fingerprint density at radius 2 is 2.10 bits per heavy atom. The Kier molecular flexibility index (Phi) is 6.05. The molecule has 0 aromatic carbocycles. The summed E-state index contributed by atoms with van der Waals surface area (Å²) in [6, 6.07) is 1.97. The van der Waals surface area contributed by atoms with Gasteiger partial charge in [-0.1, -0.05) is 19.3 Å². The van der Waals surface area contributed by atoms with Crippen LogP contribution in [0, 0.1) is 13.8 Å². The van der Waals surface area contributed by atoms with Gasteiger partial charge in [-0.15, -0.1) is 11.3 Å². The van der Waals surface area contributed by atoms with E-state index in [1.54, 1.807) is 11.3 Å². The molecular weight excluding hydrogens is 270 g/mol. The van der Waals surface area contributed by atoms with Gasteiger partial charge in [0.25, 0.3) is 5.91 Å². The van der Waals surface area contributed by atoms with Gasteiger partial charge in [-0.05, 0) is 39.2 Å². The summed E-state index contributed by atoms with van der Waals surface area (Å²) in [5.74, 6) is 0.0458. The predicted molar refractivity (Wildman–Crippen MR) is 83.6 cm³/mol. The molecule has 1 heterocycles. The van der Waals surface area contributed by atoms with Crippen molar-refractivity contribution in [1.82, 2.24) is 5.32 Å². The van der Waals surface area contributed by atoms with Crippen molar-refractivity contribution in [3.05, 3.63) is 21.4 Å². The van der Waals surface area contributed by atoms with E-state index < -0.39 is 0 Å². The van der Waals surface area contributed by atoms with Crippen molar-refractivity contribution in [3.8, 4) is 0 Å². The number of amides is 1. The first-order chi connectivity index (χ1) is 9.66. The Morgan fingerprint density at radius 3 is 2.75 bits per heavy atom. The highest BCUT2D eigenvalue weighted by Crippen LogP contribution is 2.21. The van der Waals surface area contributed by atoms with Crippen molar-refractivity contribution in [3.63, 3.8) is 0 Å². The summed E-state index contributed by atoms with van der Waals surface area (Å²) in [4.78, 5) is 14.3. The summed E-state index contributed by atoms with van der Waals surface area (Å²) in [6.07, 6.45) is 7.73. The van der Waals surface area contributed by atoms with Gasteiger partial charge in [0.2, 0.25) is 0 Å².